The molecular weight excluding hydrogens is 239 g/mol. The van der Waals surface area contributed by atoms with E-state index in [9.17, 15) is 13.2 Å². The van der Waals surface area contributed by atoms with Gasteiger partial charge in [0.2, 0.25) is 0 Å². The molecule has 86 valence electrons. The van der Waals surface area contributed by atoms with Crippen LogP contribution in [0.5, 0.6) is 0 Å². The summed E-state index contributed by atoms with van der Waals surface area (Å²) in [6.07, 6.45) is -2.36. The van der Waals surface area contributed by atoms with E-state index < -0.39 is 11.9 Å². The highest BCUT2D eigenvalue weighted by Crippen LogP contribution is 2.28. The van der Waals surface area contributed by atoms with Crippen LogP contribution >= 0.6 is 11.8 Å². The van der Waals surface area contributed by atoms with Gasteiger partial charge in [0.15, 0.2) is 5.16 Å². The molecule has 7 heteroatoms. The minimum Gasteiger partial charge on any atom is -0.231 e. The van der Waals surface area contributed by atoms with Gasteiger partial charge in [-0.1, -0.05) is 11.8 Å². The number of hydrogen-bond acceptors (Lipinski definition) is 4. The van der Waals surface area contributed by atoms with Crippen molar-refractivity contribution in [2.45, 2.75) is 24.2 Å². The predicted octanol–water partition coefficient (Wildman–Crippen LogP) is 2.89. The molecule has 0 saturated heterocycles. The van der Waals surface area contributed by atoms with Crippen molar-refractivity contribution >= 4 is 11.8 Å². The first-order valence-electron chi connectivity index (χ1n) is 4.44. The first-order chi connectivity index (χ1) is 7.54. The van der Waals surface area contributed by atoms with Crippen LogP contribution in [-0.2, 0) is 6.18 Å². The van der Waals surface area contributed by atoms with Crippen LogP contribution in [0.1, 0.15) is 18.5 Å². The van der Waals surface area contributed by atoms with E-state index in [2.05, 4.69) is 9.97 Å². The van der Waals surface area contributed by atoms with Gasteiger partial charge in [-0.25, -0.2) is 9.97 Å². The van der Waals surface area contributed by atoms with E-state index in [4.69, 9.17) is 5.26 Å². The van der Waals surface area contributed by atoms with E-state index in [1.807, 2.05) is 6.07 Å². The third kappa shape index (κ3) is 4.06. The molecule has 0 amide bonds. The second kappa shape index (κ2) is 5.70. The normalized spacial score (nSPS) is 11.1. The monoisotopic (exact) mass is 247 g/mol. The molecule has 0 bridgehead atoms. The van der Waals surface area contributed by atoms with Crippen LogP contribution in [0.4, 0.5) is 13.2 Å². The fourth-order valence-electron chi connectivity index (χ4n) is 0.883. The number of unbranched alkanes of at least 4 members (excludes halogenated alkanes) is 1. The van der Waals surface area contributed by atoms with Crippen LogP contribution in [0.3, 0.4) is 0 Å². The summed E-state index contributed by atoms with van der Waals surface area (Å²) < 4.78 is 36.8. The molecule has 3 nitrogen and oxygen atoms in total. The zero-order chi connectivity index (χ0) is 12.0. The number of nitriles is 1. The summed E-state index contributed by atoms with van der Waals surface area (Å²) in [4.78, 5) is 7.11. The highest BCUT2D eigenvalue weighted by molar-refractivity contribution is 7.99. The number of alkyl halides is 3. The quantitative estimate of drug-likeness (QED) is 0.466. The van der Waals surface area contributed by atoms with Crippen LogP contribution in [0.25, 0.3) is 0 Å². The highest BCUT2D eigenvalue weighted by Gasteiger charge is 2.32. The molecule has 0 fully saturated rings. The average molecular weight is 247 g/mol. The van der Waals surface area contributed by atoms with Crippen molar-refractivity contribution in [2.75, 3.05) is 5.75 Å². The van der Waals surface area contributed by atoms with Crippen molar-refractivity contribution in [1.29, 1.82) is 5.26 Å². The van der Waals surface area contributed by atoms with Crippen LogP contribution in [0, 0.1) is 11.3 Å². The molecule has 0 saturated carbocycles. The van der Waals surface area contributed by atoms with E-state index in [1.165, 1.54) is 0 Å². The van der Waals surface area contributed by atoms with E-state index in [1.54, 1.807) is 0 Å². The summed E-state index contributed by atoms with van der Waals surface area (Å²) in [5.74, 6) is 0.537. The summed E-state index contributed by atoms with van der Waals surface area (Å²) in [6, 6.07) is 2.79. The van der Waals surface area contributed by atoms with Crippen LogP contribution in [0.15, 0.2) is 17.4 Å². The largest absolute Gasteiger partial charge is 0.433 e. The van der Waals surface area contributed by atoms with Gasteiger partial charge < -0.3 is 0 Å². The maximum Gasteiger partial charge on any atom is 0.433 e. The van der Waals surface area contributed by atoms with Crippen molar-refractivity contribution in [3.8, 4) is 6.07 Å². The zero-order valence-electron chi connectivity index (χ0n) is 8.16. The standard InChI is InChI=1S/C9H8F3N3S/c10-9(11,12)7-3-5-14-8(15-7)16-6-2-1-4-13/h3,5H,1-2,6H2. The Morgan fingerprint density at radius 2 is 2.19 bits per heavy atom. The van der Waals surface area contributed by atoms with Gasteiger partial charge in [-0.3, -0.25) is 0 Å². The van der Waals surface area contributed by atoms with Gasteiger partial charge in [-0.05, 0) is 12.5 Å². The minimum absolute atomic E-state index is 0.0905. The van der Waals surface area contributed by atoms with Crippen molar-refractivity contribution < 1.29 is 13.2 Å². The van der Waals surface area contributed by atoms with Crippen LogP contribution < -0.4 is 0 Å². The van der Waals surface area contributed by atoms with Gasteiger partial charge in [0.25, 0.3) is 0 Å². The maximum absolute atomic E-state index is 12.3. The molecule has 0 atom stereocenters. The number of nitrogens with zero attached hydrogens (tertiary/aromatic N) is 3. The number of hydrogen-bond donors (Lipinski definition) is 0. The molecule has 1 heterocycles. The molecule has 0 aliphatic carbocycles. The Kier molecular flexibility index (Phi) is 4.55. The molecule has 0 N–H and O–H groups in total. The van der Waals surface area contributed by atoms with Crippen LogP contribution in [-0.4, -0.2) is 15.7 Å². The average Bonchev–Trinajstić information content (AvgIpc) is 2.24. The maximum atomic E-state index is 12.3. The van der Waals surface area contributed by atoms with Gasteiger partial charge in [0, 0.05) is 18.4 Å². The summed E-state index contributed by atoms with van der Waals surface area (Å²) >= 11 is 1.12. The molecule has 0 aromatic carbocycles. The Bertz CT molecular complexity index is 386. The lowest BCUT2D eigenvalue weighted by Crippen LogP contribution is -2.08. The second-order valence-corrected chi connectivity index (χ2v) is 3.89. The van der Waals surface area contributed by atoms with Gasteiger partial charge in [-0.15, -0.1) is 0 Å². The number of thioether (sulfide) groups is 1. The fourth-order valence-corrected chi connectivity index (χ4v) is 1.65. The van der Waals surface area contributed by atoms with E-state index >= 15 is 0 Å². The summed E-state index contributed by atoms with van der Waals surface area (Å²) in [5.41, 5.74) is -0.940. The molecule has 0 aliphatic heterocycles. The van der Waals surface area contributed by atoms with Crippen molar-refractivity contribution in [2.24, 2.45) is 0 Å². The molecular formula is C9H8F3N3S. The highest BCUT2D eigenvalue weighted by atomic mass is 32.2. The minimum atomic E-state index is -4.44. The van der Waals surface area contributed by atoms with Crippen molar-refractivity contribution in [1.82, 2.24) is 9.97 Å². The van der Waals surface area contributed by atoms with Gasteiger partial charge in [0.05, 0.1) is 6.07 Å². The van der Waals surface area contributed by atoms with Crippen LogP contribution in [0.2, 0.25) is 0 Å². The SMILES string of the molecule is N#CCCCSc1nccc(C(F)(F)F)n1. The summed E-state index contributed by atoms with van der Waals surface area (Å²) in [7, 11) is 0. The lowest BCUT2D eigenvalue weighted by atomic mass is 10.4. The Morgan fingerprint density at radius 3 is 2.81 bits per heavy atom. The molecule has 1 aromatic heterocycles. The number of halogens is 3. The van der Waals surface area contributed by atoms with Gasteiger partial charge in [-0.2, -0.15) is 18.4 Å². The topological polar surface area (TPSA) is 49.6 Å². The van der Waals surface area contributed by atoms with E-state index in [0.717, 1.165) is 24.0 Å². The third-order valence-electron chi connectivity index (χ3n) is 1.59. The molecule has 0 unspecified atom stereocenters. The summed E-state index contributed by atoms with van der Waals surface area (Å²) in [6.45, 7) is 0. The smallest absolute Gasteiger partial charge is 0.231 e. The molecule has 0 spiro atoms. The number of rotatable bonds is 4. The lowest BCUT2D eigenvalue weighted by molar-refractivity contribution is -0.141. The zero-order valence-corrected chi connectivity index (χ0v) is 8.98. The molecule has 16 heavy (non-hydrogen) atoms. The Morgan fingerprint density at radius 1 is 1.44 bits per heavy atom. The Labute approximate surface area is 94.7 Å². The van der Waals surface area contributed by atoms with E-state index in [0.29, 0.717) is 18.6 Å². The Balaban J connectivity index is 2.58. The molecule has 1 rings (SSSR count). The van der Waals surface area contributed by atoms with Crippen molar-refractivity contribution in [3.63, 3.8) is 0 Å². The molecule has 0 radical (unpaired) electrons. The molecule has 1 aromatic rings. The van der Waals surface area contributed by atoms with Gasteiger partial charge in [0.1, 0.15) is 5.69 Å². The first kappa shape index (κ1) is 12.8. The Hall–Kier alpha value is -1.29. The lowest BCUT2D eigenvalue weighted by Gasteiger charge is -2.05. The third-order valence-corrected chi connectivity index (χ3v) is 2.54. The summed E-state index contributed by atoms with van der Waals surface area (Å²) in [5, 5.41) is 8.37. The van der Waals surface area contributed by atoms with E-state index in [-0.39, 0.29) is 5.16 Å². The van der Waals surface area contributed by atoms with Gasteiger partial charge >= 0.3 is 6.18 Å². The first-order valence-corrected chi connectivity index (χ1v) is 5.42. The second-order valence-electron chi connectivity index (χ2n) is 2.83. The number of aromatic nitrogens is 2. The molecule has 0 aliphatic rings. The predicted molar refractivity (Wildman–Crippen MR) is 52.6 cm³/mol. The fraction of sp³-hybridized carbons (Fsp3) is 0.444. The van der Waals surface area contributed by atoms with Crippen molar-refractivity contribution in [3.05, 3.63) is 18.0 Å².